The van der Waals surface area contributed by atoms with E-state index in [4.69, 9.17) is 16.7 Å². The van der Waals surface area contributed by atoms with Crippen molar-refractivity contribution in [2.75, 3.05) is 13.1 Å². The minimum atomic E-state index is -0.421. The maximum atomic E-state index is 11.3. The SMILES string of the molecule is C=C(Cl)CNC(=O)[C@H]1C[C@@H](O)CN1. The topological polar surface area (TPSA) is 61.4 Å². The highest BCUT2D eigenvalue weighted by Gasteiger charge is 2.27. The van der Waals surface area contributed by atoms with Gasteiger partial charge in [0, 0.05) is 11.6 Å². The molecular formula is C8H13ClN2O2. The second kappa shape index (κ2) is 4.60. The predicted octanol–water partition coefficient (Wildman–Crippen LogP) is -0.422. The van der Waals surface area contributed by atoms with Gasteiger partial charge in [-0.15, -0.1) is 0 Å². The molecule has 1 fully saturated rings. The molecule has 2 atom stereocenters. The van der Waals surface area contributed by atoms with Crippen molar-refractivity contribution in [3.8, 4) is 0 Å². The molecule has 13 heavy (non-hydrogen) atoms. The Morgan fingerprint density at radius 2 is 2.46 bits per heavy atom. The number of β-amino-alcohol motifs (C(OH)–C–C–N with tert-alkyl or cyclic N) is 1. The summed E-state index contributed by atoms with van der Waals surface area (Å²) in [6.45, 7) is 4.19. The van der Waals surface area contributed by atoms with Crippen LogP contribution in [-0.2, 0) is 4.79 Å². The Hall–Kier alpha value is -0.580. The van der Waals surface area contributed by atoms with Crippen LogP contribution in [0.25, 0.3) is 0 Å². The molecule has 1 amide bonds. The molecule has 5 heteroatoms. The lowest BCUT2D eigenvalue weighted by Gasteiger charge is -2.09. The first-order valence-electron chi connectivity index (χ1n) is 4.12. The van der Waals surface area contributed by atoms with E-state index in [2.05, 4.69) is 17.2 Å². The van der Waals surface area contributed by atoms with Crippen LogP contribution in [0.15, 0.2) is 11.6 Å². The van der Waals surface area contributed by atoms with Gasteiger partial charge < -0.3 is 15.7 Å². The van der Waals surface area contributed by atoms with E-state index in [-0.39, 0.29) is 18.5 Å². The van der Waals surface area contributed by atoms with Gasteiger partial charge in [0.25, 0.3) is 0 Å². The summed E-state index contributed by atoms with van der Waals surface area (Å²) in [5, 5.41) is 15.0. The van der Waals surface area contributed by atoms with Crippen LogP contribution < -0.4 is 10.6 Å². The van der Waals surface area contributed by atoms with Gasteiger partial charge in [0.05, 0.1) is 18.7 Å². The smallest absolute Gasteiger partial charge is 0.237 e. The molecule has 0 aromatic heterocycles. The van der Waals surface area contributed by atoms with E-state index >= 15 is 0 Å². The van der Waals surface area contributed by atoms with Crippen molar-refractivity contribution in [1.82, 2.24) is 10.6 Å². The summed E-state index contributed by atoms with van der Waals surface area (Å²) in [6.07, 6.45) is 0.0376. The lowest BCUT2D eigenvalue weighted by molar-refractivity contribution is -0.122. The van der Waals surface area contributed by atoms with Crippen molar-refractivity contribution in [3.63, 3.8) is 0 Å². The number of carbonyl (C=O) groups excluding carboxylic acids is 1. The van der Waals surface area contributed by atoms with Crippen molar-refractivity contribution in [1.29, 1.82) is 0 Å². The first-order valence-corrected chi connectivity index (χ1v) is 4.50. The van der Waals surface area contributed by atoms with Gasteiger partial charge in [-0.05, 0) is 6.42 Å². The molecular weight excluding hydrogens is 192 g/mol. The molecule has 0 aromatic rings. The molecule has 0 saturated carbocycles. The van der Waals surface area contributed by atoms with Crippen molar-refractivity contribution >= 4 is 17.5 Å². The Morgan fingerprint density at radius 3 is 2.92 bits per heavy atom. The van der Waals surface area contributed by atoms with E-state index in [1.807, 2.05) is 0 Å². The number of rotatable bonds is 3. The minimum Gasteiger partial charge on any atom is -0.392 e. The van der Waals surface area contributed by atoms with E-state index < -0.39 is 6.10 Å². The van der Waals surface area contributed by atoms with Gasteiger partial charge in [-0.2, -0.15) is 0 Å². The third-order valence-electron chi connectivity index (χ3n) is 1.88. The summed E-state index contributed by atoms with van der Waals surface area (Å²) in [6, 6.07) is -0.300. The average molecular weight is 205 g/mol. The van der Waals surface area contributed by atoms with Crippen LogP contribution in [0.4, 0.5) is 0 Å². The molecule has 1 aliphatic heterocycles. The van der Waals surface area contributed by atoms with Crippen LogP contribution in [-0.4, -0.2) is 36.2 Å². The lowest BCUT2D eigenvalue weighted by atomic mass is 10.2. The van der Waals surface area contributed by atoms with Gasteiger partial charge in [0.1, 0.15) is 0 Å². The van der Waals surface area contributed by atoms with Crippen LogP contribution in [0.1, 0.15) is 6.42 Å². The van der Waals surface area contributed by atoms with Gasteiger partial charge in [-0.1, -0.05) is 18.2 Å². The van der Waals surface area contributed by atoms with Gasteiger partial charge >= 0.3 is 0 Å². The number of aliphatic hydroxyl groups excluding tert-OH is 1. The largest absolute Gasteiger partial charge is 0.392 e. The van der Waals surface area contributed by atoms with E-state index in [9.17, 15) is 4.79 Å². The Labute approximate surface area is 82.0 Å². The molecule has 4 nitrogen and oxygen atoms in total. The zero-order valence-electron chi connectivity index (χ0n) is 7.22. The molecule has 0 aliphatic carbocycles. The lowest BCUT2D eigenvalue weighted by Crippen LogP contribution is -2.40. The summed E-state index contributed by atoms with van der Waals surface area (Å²) >= 11 is 5.48. The maximum Gasteiger partial charge on any atom is 0.237 e. The molecule has 0 bridgehead atoms. The highest BCUT2D eigenvalue weighted by Crippen LogP contribution is 2.06. The van der Waals surface area contributed by atoms with E-state index in [0.717, 1.165) is 0 Å². The summed E-state index contributed by atoms with van der Waals surface area (Å²) < 4.78 is 0. The number of carbonyl (C=O) groups is 1. The first-order chi connectivity index (χ1) is 6.09. The second-order valence-electron chi connectivity index (χ2n) is 3.09. The molecule has 0 spiro atoms. The monoisotopic (exact) mass is 204 g/mol. The summed E-state index contributed by atoms with van der Waals surface area (Å²) in [4.78, 5) is 11.3. The zero-order chi connectivity index (χ0) is 9.84. The third kappa shape index (κ3) is 3.34. The molecule has 0 radical (unpaired) electrons. The predicted molar refractivity (Wildman–Crippen MR) is 50.4 cm³/mol. The van der Waals surface area contributed by atoms with Gasteiger partial charge in [0.15, 0.2) is 0 Å². The Morgan fingerprint density at radius 1 is 1.77 bits per heavy atom. The van der Waals surface area contributed by atoms with Crippen LogP contribution in [0.3, 0.4) is 0 Å². The molecule has 3 N–H and O–H groups in total. The van der Waals surface area contributed by atoms with Crippen molar-refractivity contribution in [3.05, 3.63) is 11.6 Å². The minimum absolute atomic E-state index is 0.140. The Balaban J connectivity index is 2.27. The van der Waals surface area contributed by atoms with Crippen molar-refractivity contribution in [2.45, 2.75) is 18.6 Å². The number of hydrogen-bond donors (Lipinski definition) is 3. The Kier molecular flexibility index (Phi) is 3.71. The third-order valence-corrected chi connectivity index (χ3v) is 2.01. The Bertz CT molecular complexity index is 220. The maximum absolute atomic E-state index is 11.3. The molecule has 1 saturated heterocycles. The molecule has 74 valence electrons. The fourth-order valence-electron chi connectivity index (χ4n) is 1.22. The standard InChI is InChI=1S/C8H13ClN2O2/c1-5(9)3-11-8(13)7-2-6(12)4-10-7/h6-7,10,12H,1-4H2,(H,11,13)/t6-,7-/m1/s1. The fourth-order valence-corrected chi connectivity index (χ4v) is 1.29. The second-order valence-corrected chi connectivity index (χ2v) is 3.62. The van der Waals surface area contributed by atoms with Gasteiger partial charge in [-0.3, -0.25) is 4.79 Å². The molecule has 1 rings (SSSR count). The van der Waals surface area contributed by atoms with Crippen LogP contribution in [0.5, 0.6) is 0 Å². The van der Waals surface area contributed by atoms with E-state index in [1.165, 1.54) is 0 Å². The normalized spacial score (nSPS) is 27.2. The van der Waals surface area contributed by atoms with Crippen LogP contribution in [0.2, 0.25) is 0 Å². The molecule has 1 heterocycles. The summed E-state index contributed by atoms with van der Waals surface area (Å²) in [7, 11) is 0. The number of amides is 1. The quantitative estimate of drug-likeness (QED) is 0.585. The molecule has 1 aliphatic rings. The molecule has 0 aromatic carbocycles. The van der Waals surface area contributed by atoms with Crippen molar-refractivity contribution in [2.24, 2.45) is 0 Å². The van der Waals surface area contributed by atoms with Gasteiger partial charge in [0.2, 0.25) is 5.91 Å². The molecule has 0 unspecified atom stereocenters. The van der Waals surface area contributed by atoms with E-state index in [0.29, 0.717) is 18.0 Å². The number of halogens is 1. The zero-order valence-corrected chi connectivity index (χ0v) is 7.97. The number of hydrogen-bond acceptors (Lipinski definition) is 3. The fraction of sp³-hybridized carbons (Fsp3) is 0.625. The van der Waals surface area contributed by atoms with E-state index in [1.54, 1.807) is 0 Å². The van der Waals surface area contributed by atoms with Crippen LogP contribution >= 0.6 is 11.6 Å². The summed E-state index contributed by atoms with van der Waals surface area (Å²) in [5.74, 6) is -0.140. The van der Waals surface area contributed by atoms with Crippen LogP contribution in [0, 0.1) is 0 Å². The highest BCUT2D eigenvalue weighted by molar-refractivity contribution is 6.29. The average Bonchev–Trinajstić information content (AvgIpc) is 2.47. The number of nitrogens with one attached hydrogen (secondary N) is 2. The first kappa shape index (κ1) is 10.5. The summed E-state index contributed by atoms with van der Waals surface area (Å²) in [5.41, 5.74) is 0. The van der Waals surface area contributed by atoms with Gasteiger partial charge in [-0.25, -0.2) is 0 Å². The highest BCUT2D eigenvalue weighted by atomic mass is 35.5. The van der Waals surface area contributed by atoms with Crippen molar-refractivity contribution < 1.29 is 9.90 Å². The number of aliphatic hydroxyl groups is 1.